The lowest BCUT2D eigenvalue weighted by atomic mass is 10.1. The van der Waals surface area contributed by atoms with Crippen molar-refractivity contribution in [1.82, 2.24) is 10.6 Å². The Bertz CT molecular complexity index is 646. The van der Waals surface area contributed by atoms with Crippen molar-refractivity contribution in [2.24, 2.45) is 10.9 Å². The van der Waals surface area contributed by atoms with Gasteiger partial charge in [-0.15, -0.1) is 0 Å². The van der Waals surface area contributed by atoms with E-state index in [2.05, 4.69) is 27.4 Å². The molecule has 2 fully saturated rings. The van der Waals surface area contributed by atoms with E-state index < -0.39 is 11.6 Å². The summed E-state index contributed by atoms with van der Waals surface area (Å²) in [7, 11) is 1.79. The van der Waals surface area contributed by atoms with Gasteiger partial charge in [0.05, 0.1) is 0 Å². The number of guanidine groups is 1. The first-order valence-corrected chi connectivity index (χ1v) is 10.3. The van der Waals surface area contributed by atoms with E-state index in [0.29, 0.717) is 10.7 Å². The van der Waals surface area contributed by atoms with Gasteiger partial charge in [-0.2, -0.15) is 11.8 Å². The minimum absolute atomic E-state index is 0.300. The number of rotatable bonds is 5. The molecule has 2 saturated heterocycles. The van der Waals surface area contributed by atoms with Gasteiger partial charge in [0.2, 0.25) is 0 Å². The lowest BCUT2D eigenvalue weighted by Gasteiger charge is -2.25. The van der Waals surface area contributed by atoms with Crippen molar-refractivity contribution < 1.29 is 8.78 Å². The average Bonchev–Trinajstić information content (AvgIpc) is 3.27. The van der Waals surface area contributed by atoms with Crippen molar-refractivity contribution in [3.63, 3.8) is 0 Å². The Balaban J connectivity index is 1.45. The molecule has 1 aromatic carbocycles. The maximum Gasteiger partial charge on any atom is 0.191 e. The van der Waals surface area contributed by atoms with Gasteiger partial charge in [0, 0.05) is 49.7 Å². The molecule has 0 spiro atoms. The summed E-state index contributed by atoms with van der Waals surface area (Å²) in [5, 5.41) is 6.86. The molecule has 26 heavy (non-hydrogen) atoms. The summed E-state index contributed by atoms with van der Waals surface area (Å²) in [5.41, 5.74) is 0.750. The Kier molecular flexibility index (Phi) is 6.27. The highest BCUT2D eigenvalue weighted by Gasteiger charge is 2.29. The van der Waals surface area contributed by atoms with Crippen LogP contribution in [0.4, 0.5) is 14.5 Å². The lowest BCUT2D eigenvalue weighted by Crippen LogP contribution is -2.45. The van der Waals surface area contributed by atoms with Gasteiger partial charge in [0.25, 0.3) is 0 Å². The van der Waals surface area contributed by atoms with E-state index in [-0.39, 0.29) is 0 Å². The number of nitrogens with one attached hydrogen (secondary N) is 2. The Morgan fingerprint density at radius 1 is 1.35 bits per heavy atom. The van der Waals surface area contributed by atoms with E-state index in [1.54, 1.807) is 13.1 Å². The van der Waals surface area contributed by atoms with E-state index in [4.69, 9.17) is 0 Å². The van der Waals surface area contributed by atoms with Crippen LogP contribution < -0.4 is 15.5 Å². The van der Waals surface area contributed by atoms with Gasteiger partial charge in [0.15, 0.2) is 17.6 Å². The van der Waals surface area contributed by atoms with Gasteiger partial charge in [-0.3, -0.25) is 4.99 Å². The van der Waals surface area contributed by atoms with Gasteiger partial charge in [-0.25, -0.2) is 8.78 Å². The fourth-order valence-corrected chi connectivity index (χ4v) is 4.87. The molecule has 4 nitrogen and oxygen atoms in total. The molecule has 7 heteroatoms. The number of aliphatic imine (C=N–C) groups is 1. The quantitative estimate of drug-likeness (QED) is 0.606. The largest absolute Gasteiger partial charge is 0.371 e. The van der Waals surface area contributed by atoms with Crippen LogP contribution in [0.15, 0.2) is 23.2 Å². The summed E-state index contributed by atoms with van der Waals surface area (Å²) >= 11 is 2.03. The van der Waals surface area contributed by atoms with Crippen molar-refractivity contribution in [2.45, 2.75) is 30.9 Å². The monoisotopic (exact) mass is 382 g/mol. The number of hydrogen-bond acceptors (Lipinski definition) is 3. The predicted molar refractivity (Wildman–Crippen MR) is 106 cm³/mol. The lowest BCUT2D eigenvalue weighted by molar-refractivity contribution is 0.508. The third-order valence-corrected chi connectivity index (χ3v) is 6.80. The molecule has 2 heterocycles. The Morgan fingerprint density at radius 2 is 2.19 bits per heavy atom. The van der Waals surface area contributed by atoms with Crippen molar-refractivity contribution in [1.29, 1.82) is 0 Å². The van der Waals surface area contributed by atoms with Crippen LogP contribution in [-0.4, -0.2) is 49.7 Å². The zero-order valence-electron chi connectivity index (χ0n) is 15.5. The summed E-state index contributed by atoms with van der Waals surface area (Å²) < 4.78 is 26.8. The summed E-state index contributed by atoms with van der Waals surface area (Å²) in [4.78, 5) is 6.43. The fourth-order valence-electron chi connectivity index (χ4n) is 3.62. The molecule has 3 rings (SSSR count). The van der Waals surface area contributed by atoms with Crippen molar-refractivity contribution in [3.8, 4) is 0 Å². The maximum absolute atomic E-state index is 13.4. The van der Waals surface area contributed by atoms with Gasteiger partial charge in [0.1, 0.15) is 0 Å². The number of nitrogens with zero attached hydrogens (tertiary/aromatic N) is 2. The minimum Gasteiger partial charge on any atom is -0.371 e. The smallest absolute Gasteiger partial charge is 0.191 e. The van der Waals surface area contributed by atoms with Crippen LogP contribution in [0.25, 0.3) is 0 Å². The molecule has 2 aliphatic rings. The summed E-state index contributed by atoms with van der Waals surface area (Å²) in [6, 6.07) is 4.13. The van der Waals surface area contributed by atoms with Gasteiger partial charge in [-0.05, 0) is 50.0 Å². The standard InChI is InChI=1S/C19H28F2N4S/c1-19(7-3-9-26-19)13-24-18(22-2)23-11-14-6-8-25(12-14)15-4-5-16(20)17(21)10-15/h4-5,10,14H,3,6-9,11-13H2,1-2H3,(H2,22,23,24). The van der Waals surface area contributed by atoms with Crippen LogP contribution in [0.2, 0.25) is 0 Å². The van der Waals surface area contributed by atoms with Crippen LogP contribution in [0.3, 0.4) is 0 Å². The molecule has 0 saturated carbocycles. The second-order valence-corrected chi connectivity index (χ2v) is 9.09. The third kappa shape index (κ3) is 4.81. The second kappa shape index (κ2) is 8.46. The first kappa shape index (κ1) is 19.3. The highest BCUT2D eigenvalue weighted by Crippen LogP contribution is 2.36. The van der Waals surface area contributed by atoms with Crippen LogP contribution >= 0.6 is 11.8 Å². The molecular weight excluding hydrogens is 354 g/mol. The SMILES string of the molecule is CN=C(NCC1CCN(c2ccc(F)c(F)c2)C1)NCC1(C)CCCS1. The highest BCUT2D eigenvalue weighted by atomic mass is 32.2. The van der Waals surface area contributed by atoms with Gasteiger partial charge in [-0.1, -0.05) is 0 Å². The highest BCUT2D eigenvalue weighted by molar-refractivity contribution is 8.00. The Labute approximate surface area is 158 Å². The summed E-state index contributed by atoms with van der Waals surface area (Å²) in [5.74, 6) is 0.955. The number of anilines is 1. The molecule has 2 aliphatic heterocycles. The van der Waals surface area contributed by atoms with Crippen molar-refractivity contribution in [2.75, 3.05) is 43.9 Å². The van der Waals surface area contributed by atoms with E-state index in [1.165, 1.54) is 30.7 Å². The Hall–Kier alpha value is -1.50. The van der Waals surface area contributed by atoms with Gasteiger partial charge >= 0.3 is 0 Å². The number of hydrogen-bond donors (Lipinski definition) is 2. The molecule has 0 aromatic heterocycles. The van der Waals surface area contributed by atoms with Crippen LogP contribution in [0.1, 0.15) is 26.2 Å². The number of benzene rings is 1. The molecular formula is C19H28F2N4S. The van der Waals surface area contributed by atoms with Crippen LogP contribution in [-0.2, 0) is 0 Å². The molecule has 2 atom stereocenters. The third-order valence-electron chi connectivity index (χ3n) is 5.27. The summed E-state index contributed by atoms with van der Waals surface area (Å²) in [6.45, 7) is 5.75. The number of thioether (sulfide) groups is 1. The van der Waals surface area contributed by atoms with E-state index in [1.807, 2.05) is 11.8 Å². The normalized spacial score (nSPS) is 26.4. The first-order valence-electron chi connectivity index (χ1n) is 9.27. The summed E-state index contributed by atoms with van der Waals surface area (Å²) in [6.07, 6.45) is 3.56. The Morgan fingerprint density at radius 3 is 2.88 bits per heavy atom. The molecule has 1 aromatic rings. The van der Waals surface area contributed by atoms with Gasteiger partial charge < -0.3 is 15.5 Å². The number of halogens is 2. The van der Waals surface area contributed by atoms with Crippen molar-refractivity contribution in [3.05, 3.63) is 29.8 Å². The van der Waals surface area contributed by atoms with E-state index >= 15 is 0 Å². The van der Waals surface area contributed by atoms with Crippen LogP contribution in [0, 0.1) is 17.6 Å². The van der Waals surface area contributed by atoms with Crippen LogP contribution in [0.5, 0.6) is 0 Å². The minimum atomic E-state index is -0.796. The molecule has 144 valence electrons. The average molecular weight is 383 g/mol. The second-order valence-electron chi connectivity index (χ2n) is 7.41. The first-order chi connectivity index (χ1) is 12.5. The topological polar surface area (TPSA) is 39.7 Å². The predicted octanol–water partition coefficient (Wildman–Crippen LogP) is 3.24. The molecule has 2 unspecified atom stereocenters. The molecule has 0 aliphatic carbocycles. The van der Waals surface area contributed by atoms with Crippen molar-refractivity contribution >= 4 is 23.4 Å². The van der Waals surface area contributed by atoms with E-state index in [9.17, 15) is 8.78 Å². The zero-order valence-corrected chi connectivity index (χ0v) is 16.3. The molecule has 0 bridgehead atoms. The maximum atomic E-state index is 13.4. The van der Waals surface area contributed by atoms with E-state index in [0.717, 1.165) is 44.2 Å². The molecule has 2 N–H and O–H groups in total. The molecule has 0 radical (unpaired) electrons. The fraction of sp³-hybridized carbons (Fsp3) is 0.632. The molecule has 0 amide bonds. The zero-order chi connectivity index (χ0) is 18.6.